The zero-order valence-electron chi connectivity index (χ0n) is 18.9. The maximum absolute atomic E-state index is 14.1. The molecule has 2 aromatic carbocycles. The molecule has 0 radical (unpaired) electrons. The number of piperidine rings is 1. The first-order chi connectivity index (χ1) is 16.1. The van der Waals surface area contributed by atoms with Crippen LogP contribution in [0.5, 0.6) is 0 Å². The lowest BCUT2D eigenvalue weighted by molar-refractivity contribution is -0.116. The van der Waals surface area contributed by atoms with E-state index >= 15 is 0 Å². The van der Waals surface area contributed by atoms with Gasteiger partial charge in [-0.25, -0.2) is 21.2 Å². The van der Waals surface area contributed by atoms with E-state index in [0.717, 1.165) is 35.7 Å². The Morgan fingerprint density at radius 3 is 2.44 bits per heavy atom. The number of hydrogen-bond donors (Lipinski definition) is 1. The molecular weight excluding hydrogens is 481 g/mol. The third-order valence-corrected chi connectivity index (χ3v) is 9.28. The van der Waals surface area contributed by atoms with Gasteiger partial charge < -0.3 is 5.32 Å². The van der Waals surface area contributed by atoms with Crippen LogP contribution < -0.4 is 5.32 Å². The Labute approximate surface area is 200 Å². The van der Waals surface area contributed by atoms with Gasteiger partial charge in [0.25, 0.3) is 0 Å². The van der Waals surface area contributed by atoms with Crippen molar-refractivity contribution >= 4 is 31.6 Å². The predicted molar refractivity (Wildman–Crippen MR) is 128 cm³/mol. The van der Waals surface area contributed by atoms with Crippen molar-refractivity contribution in [2.45, 2.75) is 36.0 Å². The van der Waals surface area contributed by atoms with Crippen LogP contribution in [0, 0.1) is 12.7 Å². The number of carbonyl (C=O) groups excluding carboxylic acids is 1. The van der Waals surface area contributed by atoms with Gasteiger partial charge in [0.05, 0.1) is 11.4 Å². The minimum Gasteiger partial charge on any atom is -0.325 e. The average Bonchev–Trinajstić information content (AvgIpc) is 2.81. The molecule has 0 atom stereocenters. The zero-order valence-corrected chi connectivity index (χ0v) is 20.5. The molecule has 3 rings (SSSR count). The first-order valence-corrected chi connectivity index (χ1v) is 13.7. The second kappa shape index (κ2) is 10.8. The molecule has 1 amide bonds. The number of carbonyl (C=O) groups is 1. The third kappa shape index (κ3) is 5.72. The maximum atomic E-state index is 14.1. The molecule has 1 fully saturated rings. The number of anilines is 1. The summed E-state index contributed by atoms with van der Waals surface area (Å²) in [6.45, 7) is 5.29. The van der Waals surface area contributed by atoms with Gasteiger partial charge in [-0.3, -0.25) is 4.79 Å². The number of nitrogens with one attached hydrogen (secondary N) is 1. The SMILES string of the molecule is C=CCN(CC(=O)Nc1cc(S(=O)(=O)N2CCCCC2)ccc1C)S(=O)(=O)c1ccccc1F. The summed E-state index contributed by atoms with van der Waals surface area (Å²) in [4.78, 5) is 12.3. The molecule has 11 heteroatoms. The number of halogens is 1. The fourth-order valence-electron chi connectivity index (χ4n) is 3.69. The van der Waals surface area contributed by atoms with Crippen LogP contribution >= 0.6 is 0 Å². The van der Waals surface area contributed by atoms with Crippen LogP contribution in [0.2, 0.25) is 0 Å². The molecule has 1 heterocycles. The molecular formula is C23H28FN3O5S2. The van der Waals surface area contributed by atoms with Gasteiger partial charge in [0, 0.05) is 25.3 Å². The minimum absolute atomic E-state index is 0.0530. The smallest absolute Gasteiger partial charge is 0.246 e. The van der Waals surface area contributed by atoms with Crippen molar-refractivity contribution in [3.63, 3.8) is 0 Å². The van der Waals surface area contributed by atoms with Gasteiger partial charge in [0.15, 0.2) is 0 Å². The van der Waals surface area contributed by atoms with Crippen molar-refractivity contribution in [3.8, 4) is 0 Å². The second-order valence-corrected chi connectivity index (χ2v) is 11.9. The summed E-state index contributed by atoms with van der Waals surface area (Å²) < 4.78 is 68.2. The van der Waals surface area contributed by atoms with Gasteiger partial charge >= 0.3 is 0 Å². The Hall–Kier alpha value is -2.60. The molecule has 0 bridgehead atoms. The molecule has 8 nitrogen and oxygen atoms in total. The van der Waals surface area contributed by atoms with E-state index in [9.17, 15) is 26.0 Å². The van der Waals surface area contributed by atoms with E-state index in [1.54, 1.807) is 13.0 Å². The molecule has 0 unspecified atom stereocenters. The highest BCUT2D eigenvalue weighted by atomic mass is 32.2. The Morgan fingerprint density at radius 2 is 1.79 bits per heavy atom. The van der Waals surface area contributed by atoms with Gasteiger partial charge in [0.1, 0.15) is 10.7 Å². The number of hydrogen-bond acceptors (Lipinski definition) is 5. The van der Waals surface area contributed by atoms with Crippen LogP contribution in [0.15, 0.2) is 64.9 Å². The summed E-state index contributed by atoms with van der Waals surface area (Å²) >= 11 is 0. The first kappa shape index (κ1) is 26.0. The van der Waals surface area contributed by atoms with Crippen molar-refractivity contribution < 1.29 is 26.0 Å². The number of amides is 1. The lowest BCUT2D eigenvalue weighted by Crippen LogP contribution is -2.38. The molecule has 184 valence electrons. The van der Waals surface area contributed by atoms with Gasteiger partial charge in [0.2, 0.25) is 26.0 Å². The first-order valence-electron chi connectivity index (χ1n) is 10.8. The number of aryl methyl sites for hydroxylation is 1. The third-order valence-electron chi connectivity index (χ3n) is 5.54. The summed E-state index contributed by atoms with van der Waals surface area (Å²) in [6.07, 6.45) is 3.87. The van der Waals surface area contributed by atoms with E-state index in [0.29, 0.717) is 18.7 Å². The van der Waals surface area contributed by atoms with Crippen molar-refractivity contribution in [1.29, 1.82) is 0 Å². The van der Waals surface area contributed by atoms with Crippen LogP contribution in [0.25, 0.3) is 0 Å². The second-order valence-electron chi connectivity index (χ2n) is 8.01. The predicted octanol–water partition coefficient (Wildman–Crippen LogP) is 3.12. The molecule has 0 spiro atoms. The number of sulfonamides is 2. The number of nitrogens with zero attached hydrogens (tertiary/aromatic N) is 2. The molecule has 0 aliphatic carbocycles. The van der Waals surface area contributed by atoms with Gasteiger partial charge in [-0.05, 0) is 49.6 Å². The van der Waals surface area contributed by atoms with Crippen LogP contribution in [0.1, 0.15) is 24.8 Å². The van der Waals surface area contributed by atoms with E-state index in [2.05, 4.69) is 11.9 Å². The Morgan fingerprint density at radius 1 is 1.12 bits per heavy atom. The van der Waals surface area contributed by atoms with Crippen LogP contribution in [0.3, 0.4) is 0 Å². The standard InChI is InChI=1S/C23H28FN3O5S2/c1-3-13-27(34(31,32)22-10-6-5-9-20(22)24)17-23(28)25-21-16-19(12-11-18(21)2)33(29,30)26-14-7-4-8-15-26/h3,5-6,9-12,16H,1,4,7-8,13-15,17H2,2H3,(H,25,28). The van der Waals surface area contributed by atoms with Gasteiger partial charge in [-0.1, -0.05) is 30.7 Å². The van der Waals surface area contributed by atoms with Crippen molar-refractivity contribution in [2.75, 3.05) is 31.5 Å². The zero-order chi connectivity index (χ0) is 24.9. The van der Waals surface area contributed by atoms with E-state index in [1.165, 1.54) is 34.6 Å². The number of benzene rings is 2. The monoisotopic (exact) mass is 509 g/mol. The average molecular weight is 510 g/mol. The Balaban J connectivity index is 1.82. The number of rotatable bonds is 9. The van der Waals surface area contributed by atoms with Gasteiger partial charge in [-0.15, -0.1) is 6.58 Å². The normalized spacial score (nSPS) is 15.3. The fourth-order valence-corrected chi connectivity index (χ4v) is 6.66. The minimum atomic E-state index is -4.31. The Kier molecular flexibility index (Phi) is 8.24. The topological polar surface area (TPSA) is 104 Å². The van der Waals surface area contributed by atoms with Crippen molar-refractivity contribution in [2.24, 2.45) is 0 Å². The maximum Gasteiger partial charge on any atom is 0.246 e. The van der Waals surface area contributed by atoms with E-state index in [1.807, 2.05) is 0 Å². The van der Waals surface area contributed by atoms with E-state index < -0.39 is 43.2 Å². The molecule has 34 heavy (non-hydrogen) atoms. The van der Waals surface area contributed by atoms with E-state index in [4.69, 9.17) is 0 Å². The lowest BCUT2D eigenvalue weighted by Gasteiger charge is -2.26. The molecule has 1 aliphatic rings. The highest BCUT2D eigenvalue weighted by molar-refractivity contribution is 7.89. The molecule has 1 saturated heterocycles. The highest BCUT2D eigenvalue weighted by Gasteiger charge is 2.29. The summed E-state index contributed by atoms with van der Waals surface area (Å²) in [5, 5.41) is 2.60. The van der Waals surface area contributed by atoms with Crippen LogP contribution in [-0.4, -0.2) is 57.5 Å². The largest absolute Gasteiger partial charge is 0.325 e. The Bertz CT molecular complexity index is 1270. The summed E-state index contributed by atoms with van der Waals surface area (Å²) in [5.41, 5.74) is 0.864. The fraction of sp³-hybridized carbons (Fsp3) is 0.348. The quantitative estimate of drug-likeness (QED) is 0.523. The molecule has 0 aromatic heterocycles. The lowest BCUT2D eigenvalue weighted by atomic mass is 10.2. The summed E-state index contributed by atoms with van der Waals surface area (Å²) in [5.74, 6) is -1.62. The molecule has 0 saturated carbocycles. The molecule has 2 aromatic rings. The summed E-state index contributed by atoms with van der Waals surface area (Å²) in [6, 6.07) is 9.35. The van der Waals surface area contributed by atoms with Crippen molar-refractivity contribution in [3.05, 3.63) is 66.5 Å². The van der Waals surface area contributed by atoms with Gasteiger partial charge in [-0.2, -0.15) is 8.61 Å². The van der Waals surface area contributed by atoms with Crippen LogP contribution in [0.4, 0.5) is 10.1 Å². The highest BCUT2D eigenvalue weighted by Crippen LogP contribution is 2.25. The van der Waals surface area contributed by atoms with E-state index in [-0.39, 0.29) is 17.1 Å². The van der Waals surface area contributed by atoms with Crippen molar-refractivity contribution in [1.82, 2.24) is 8.61 Å². The molecule has 1 aliphatic heterocycles. The van der Waals surface area contributed by atoms with Crippen LogP contribution in [-0.2, 0) is 24.8 Å². The summed E-state index contributed by atoms with van der Waals surface area (Å²) in [7, 11) is -8.03. The molecule has 1 N–H and O–H groups in total.